The number of nitrogens with zero attached hydrogens (tertiary/aromatic N) is 1. The van der Waals surface area contributed by atoms with Crippen LogP contribution in [0.2, 0.25) is 0 Å². The van der Waals surface area contributed by atoms with Gasteiger partial charge in [-0.25, -0.2) is 0 Å². The number of rotatable bonds is 15. The largest absolute Gasteiger partial charge is 0.455 e. The normalized spacial score (nSPS) is 12.5. The smallest absolute Gasteiger partial charge is 0.143 e. The predicted molar refractivity (Wildman–Crippen MR) is 470 cm³/mol. The first-order valence-electron chi connectivity index (χ1n) is 38.8. The van der Waals surface area contributed by atoms with E-state index in [1.165, 1.54) is 127 Å². The quantitative estimate of drug-likeness (QED) is 0.0751. The van der Waals surface area contributed by atoms with Gasteiger partial charge in [0.05, 0.1) is 5.41 Å². The van der Waals surface area contributed by atoms with Gasteiger partial charge in [0.1, 0.15) is 11.2 Å². The second kappa shape index (κ2) is 27.7. The molecule has 1 heterocycles. The van der Waals surface area contributed by atoms with E-state index in [-0.39, 0.29) is 5.92 Å². The van der Waals surface area contributed by atoms with Crippen molar-refractivity contribution in [1.29, 1.82) is 0 Å². The fourth-order valence-corrected chi connectivity index (χ4v) is 18.1. The average Bonchev–Trinajstić information content (AvgIpc) is 1.52. The van der Waals surface area contributed by atoms with Crippen LogP contribution in [-0.2, 0) is 5.41 Å². The van der Waals surface area contributed by atoms with Gasteiger partial charge in [-0.1, -0.05) is 376 Å². The van der Waals surface area contributed by atoms with E-state index in [4.69, 9.17) is 4.42 Å². The van der Waals surface area contributed by atoms with Crippen LogP contribution in [0.4, 0.5) is 17.1 Å². The molecule has 21 rings (SSSR count). The van der Waals surface area contributed by atoms with Crippen molar-refractivity contribution in [2.45, 2.75) is 11.3 Å². The molecule has 0 N–H and O–H groups in total. The van der Waals surface area contributed by atoms with Gasteiger partial charge in [-0.05, 0) is 215 Å². The van der Waals surface area contributed by atoms with Crippen molar-refractivity contribution in [2.24, 2.45) is 0 Å². The maximum atomic E-state index is 7.15. The van der Waals surface area contributed by atoms with Crippen molar-refractivity contribution in [1.82, 2.24) is 0 Å². The molecule has 0 amide bonds. The molecule has 0 saturated carbocycles. The minimum absolute atomic E-state index is 0.0976. The summed E-state index contributed by atoms with van der Waals surface area (Å²) < 4.78 is 7.15. The minimum Gasteiger partial charge on any atom is -0.455 e. The monoisotopic (exact) mass is 1420 g/mol. The van der Waals surface area contributed by atoms with E-state index in [0.717, 1.165) is 72.4 Å². The lowest BCUT2D eigenvalue weighted by Gasteiger charge is -2.34. The number of anilines is 3. The Bertz CT molecular complexity index is 6730. The zero-order valence-corrected chi connectivity index (χ0v) is 61.5. The summed E-state index contributed by atoms with van der Waals surface area (Å²) in [6.07, 6.45) is 0. The maximum absolute atomic E-state index is 7.15. The predicted octanol–water partition coefficient (Wildman–Crippen LogP) is 29.7. The van der Waals surface area contributed by atoms with Crippen molar-refractivity contribution in [3.8, 4) is 89.0 Å². The van der Waals surface area contributed by atoms with Gasteiger partial charge < -0.3 is 9.32 Å². The third-order valence-corrected chi connectivity index (χ3v) is 23.5. The SMILES string of the molecule is c1ccc(-c2ccc(-c3ccc(N(c4ccc(-c5ccc(-c6ccccc6)cc5)cc4)c4cccc(-c5cccc6c5oc5cc(-c7ccc8c9ccc(C(c%10ccc(-c%11ccccc%11)cc%10)c%10ccc%11c(c%10)C(c%10ccccc%10)(c%10ccccc%10)c%10ccccc%10-%11)cc9c9ccccc9c8c7)ccc56)c4)cc3)cc2)cc1. The van der Waals surface area contributed by atoms with Gasteiger partial charge in [0.2, 0.25) is 0 Å². The minimum atomic E-state index is -0.535. The van der Waals surface area contributed by atoms with Crippen LogP contribution in [0.1, 0.15) is 44.9 Å². The molecular weight excluding hydrogens is 1350 g/mol. The van der Waals surface area contributed by atoms with E-state index in [0.29, 0.717) is 0 Å². The third-order valence-electron chi connectivity index (χ3n) is 23.5. The van der Waals surface area contributed by atoms with E-state index in [9.17, 15) is 0 Å². The van der Waals surface area contributed by atoms with E-state index in [1.54, 1.807) is 0 Å². The highest BCUT2D eigenvalue weighted by molar-refractivity contribution is 6.26. The second-order valence-electron chi connectivity index (χ2n) is 29.7. The van der Waals surface area contributed by atoms with Gasteiger partial charge in [-0.3, -0.25) is 0 Å². The van der Waals surface area contributed by atoms with Crippen LogP contribution in [0, 0.1) is 0 Å². The number of fused-ring (bicyclic) bond motifs is 12. The fourth-order valence-electron chi connectivity index (χ4n) is 18.1. The Morgan fingerprint density at radius 2 is 0.562 bits per heavy atom. The Labute approximate surface area is 652 Å². The highest BCUT2D eigenvalue weighted by atomic mass is 16.3. The summed E-state index contributed by atoms with van der Waals surface area (Å²) in [5.74, 6) is -0.0976. The summed E-state index contributed by atoms with van der Waals surface area (Å²) in [6.45, 7) is 0. The molecule has 0 bridgehead atoms. The molecule has 0 saturated heterocycles. The lowest BCUT2D eigenvalue weighted by molar-refractivity contribution is 0.670. The molecule has 19 aromatic carbocycles. The Morgan fingerprint density at radius 3 is 1.12 bits per heavy atom. The van der Waals surface area contributed by atoms with Crippen LogP contribution in [0.15, 0.2) is 441 Å². The van der Waals surface area contributed by atoms with Crippen molar-refractivity contribution in [3.63, 3.8) is 0 Å². The molecule has 0 radical (unpaired) electrons. The Hall–Kier alpha value is -14.4. The molecule has 1 aliphatic carbocycles. The van der Waals surface area contributed by atoms with Crippen LogP contribution < -0.4 is 4.90 Å². The van der Waals surface area contributed by atoms with Crippen molar-refractivity contribution < 1.29 is 4.42 Å². The van der Waals surface area contributed by atoms with Crippen molar-refractivity contribution in [3.05, 3.63) is 476 Å². The molecule has 1 aromatic heterocycles. The summed E-state index contributed by atoms with van der Waals surface area (Å²) in [5.41, 5.74) is 31.9. The number of furan rings is 1. The lowest BCUT2D eigenvalue weighted by atomic mass is 9.67. The molecule has 1 atom stereocenters. The van der Waals surface area contributed by atoms with E-state index in [1.807, 2.05) is 0 Å². The molecule has 20 aromatic rings. The van der Waals surface area contributed by atoms with E-state index in [2.05, 4.69) is 442 Å². The first-order valence-corrected chi connectivity index (χ1v) is 38.8. The van der Waals surface area contributed by atoms with Gasteiger partial charge in [0, 0.05) is 39.3 Å². The highest BCUT2D eigenvalue weighted by Gasteiger charge is 2.46. The van der Waals surface area contributed by atoms with E-state index < -0.39 is 5.41 Å². The Morgan fingerprint density at radius 1 is 0.196 bits per heavy atom. The Kier molecular flexibility index (Phi) is 16.3. The molecule has 0 spiro atoms. The summed E-state index contributed by atoms with van der Waals surface area (Å²) in [5, 5.41) is 9.51. The molecule has 1 aliphatic rings. The zero-order valence-electron chi connectivity index (χ0n) is 61.5. The number of hydrogen-bond acceptors (Lipinski definition) is 2. The summed E-state index contributed by atoms with van der Waals surface area (Å²) >= 11 is 0. The molecule has 2 nitrogen and oxygen atoms in total. The summed E-state index contributed by atoms with van der Waals surface area (Å²) in [6, 6.07) is 161. The first kappa shape index (κ1) is 65.8. The number of hydrogen-bond donors (Lipinski definition) is 0. The number of para-hydroxylation sites is 1. The van der Waals surface area contributed by atoms with Gasteiger partial charge in [-0.2, -0.15) is 0 Å². The van der Waals surface area contributed by atoms with Crippen molar-refractivity contribution in [2.75, 3.05) is 4.90 Å². The fraction of sp³-hybridized carbons (Fsp3) is 0.0182. The highest BCUT2D eigenvalue weighted by Crippen LogP contribution is 2.57. The van der Waals surface area contributed by atoms with Crippen LogP contribution >= 0.6 is 0 Å². The lowest BCUT2D eigenvalue weighted by Crippen LogP contribution is -2.28. The topological polar surface area (TPSA) is 16.4 Å². The average molecular weight is 1420 g/mol. The molecule has 0 fully saturated rings. The number of benzene rings is 19. The molecule has 1 unspecified atom stereocenters. The van der Waals surface area contributed by atoms with Gasteiger partial charge in [-0.15, -0.1) is 0 Å². The first-order chi connectivity index (χ1) is 55.5. The molecule has 524 valence electrons. The molecule has 0 aliphatic heterocycles. The third kappa shape index (κ3) is 11.4. The van der Waals surface area contributed by atoms with Gasteiger partial charge >= 0.3 is 0 Å². The van der Waals surface area contributed by atoms with Crippen LogP contribution in [-0.4, -0.2) is 0 Å². The molecule has 112 heavy (non-hydrogen) atoms. The second-order valence-corrected chi connectivity index (χ2v) is 29.7. The Balaban J connectivity index is 0.635. The maximum Gasteiger partial charge on any atom is 0.143 e. The molecule has 2 heteroatoms. The van der Waals surface area contributed by atoms with Crippen LogP contribution in [0.25, 0.3) is 143 Å². The summed E-state index contributed by atoms with van der Waals surface area (Å²) in [7, 11) is 0. The zero-order chi connectivity index (χ0) is 74.1. The summed E-state index contributed by atoms with van der Waals surface area (Å²) in [4.78, 5) is 2.37. The van der Waals surface area contributed by atoms with Gasteiger partial charge in [0.15, 0.2) is 0 Å². The van der Waals surface area contributed by atoms with Gasteiger partial charge in [0.25, 0.3) is 0 Å². The van der Waals surface area contributed by atoms with Crippen LogP contribution in [0.5, 0.6) is 0 Å². The van der Waals surface area contributed by atoms with Crippen LogP contribution in [0.3, 0.4) is 0 Å². The molecular formula is C110H73NO. The van der Waals surface area contributed by atoms with Crippen molar-refractivity contribution >= 4 is 71.3 Å². The van der Waals surface area contributed by atoms with E-state index >= 15 is 0 Å². The standard InChI is InChI=1S/C110H73NO/c1-6-22-73(23-7-1)76-40-44-79(45-41-76)81-52-60-91(61-53-81)111(92-62-54-82(55-63-92)80-46-42-77(43-47-80)74-24-8-2-9-25-74)93-33-20-28-86(68-93)94-37-21-38-102-101-67-57-85(72-107(101)112-109(94)102)84-56-64-97-98-65-58-87(70-104(98)96-35-17-16-34-95(96)103(97)69-84)108(83-50-48-78(49-51-83)75-26-10-3-11-27-75)88-59-66-100-99-36-18-19-39-105(99)110(106(100)71-88,89-29-12-4-13-30-89)90-31-14-5-15-32-90/h1-72,108H.